The molecule has 0 radical (unpaired) electrons. The zero-order valence-corrected chi connectivity index (χ0v) is 21.6. The first-order chi connectivity index (χ1) is 18.3. The summed E-state index contributed by atoms with van der Waals surface area (Å²) in [6.07, 6.45) is -1.18. The average Bonchev–Trinajstić information content (AvgIpc) is 3.48. The van der Waals surface area contributed by atoms with E-state index in [1.807, 2.05) is 6.92 Å². The lowest BCUT2D eigenvalue weighted by Gasteiger charge is -2.09. The Kier molecular flexibility index (Phi) is 8.10. The van der Waals surface area contributed by atoms with Crippen molar-refractivity contribution in [2.45, 2.75) is 33.6 Å². The van der Waals surface area contributed by atoms with Crippen molar-refractivity contribution in [2.24, 2.45) is 0 Å². The molecule has 1 N–H and O–H groups in total. The van der Waals surface area contributed by atoms with Crippen LogP contribution in [0.3, 0.4) is 0 Å². The number of hydrogen-bond donors (Lipinski definition) is 1. The van der Waals surface area contributed by atoms with Crippen LogP contribution in [0.4, 0.5) is 13.8 Å². The fourth-order valence-electron chi connectivity index (χ4n) is 3.73. The lowest BCUT2D eigenvalue weighted by atomic mass is 10.1. The number of nitrogens with zero attached hydrogens (tertiary/aromatic N) is 3. The number of hydrogen-bond acceptors (Lipinski definition) is 8. The molecule has 3 aromatic heterocycles. The van der Waals surface area contributed by atoms with Crippen LogP contribution < -0.4 is 5.32 Å². The highest BCUT2D eigenvalue weighted by Gasteiger charge is 2.29. The van der Waals surface area contributed by atoms with Gasteiger partial charge in [0.1, 0.15) is 21.1 Å². The van der Waals surface area contributed by atoms with Crippen LogP contribution in [0.1, 0.15) is 68.3 Å². The van der Waals surface area contributed by atoms with Gasteiger partial charge in [-0.05, 0) is 31.9 Å². The molecule has 9 nitrogen and oxygen atoms in total. The summed E-state index contributed by atoms with van der Waals surface area (Å²) in [5.41, 5.74) is 0.515. The Morgan fingerprint density at radius 2 is 1.84 bits per heavy atom. The lowest BCUT2D eigenvalue weighted by Crippen LogP contribution is -2.15. The van der Waals surface area contributed by atoms with E-state index in [2.05, 4.69) is 15.4 Å². The van der Waals surface area contributed by atoms with Gasteiger partial charge < -0.3 is 14.8 Å². The summed E-state index contributed by atoms with van der Waals surface area (Å²) in [5, 5.41) is 6.64. The van der Waals surface area contributed by atoms with E-state index in [0.29, 0.717) is 17.5 Å². The van der Waals surface area contributed by atoms with Crippen LogP contribution >= 0.6 is 11.3 Å². The molecule has 0 spiro atoms. The van der Waals surface area contributed by atoms with E-state index in [1.165, 1.54) is 6.07 Å². The number of benzene rings is 1. The fraction of sp³-hybridized carbons (Fsp3) is 0.269. The predicted molar refractivity (Wildman–Crippen MR) is 137 cm³/mol. The van der Waals surface area contributed by atoms with Gasteiger partial charge in [-0.3, -0.25) is 4.79 Å². The van der Waals surface area contributed by atoms with Gasteiger partial charge >= 0.3 is 11.9 Å². The molecule has 1 aromatic carbocycles. The van der Waals surface area contributed by atoms with Crippen LogP contribution in [0.15, 0.2) is 42.6 Å². The number of alkyl halides is 2. The monoisotopic (exact) mass is 542 g/mol. The minimum Gasteiger partial charge on any atom is -0.462 e. The number of esters is 2. The summed E-state index contributed by atoms with van der Waals surface area (Å²) in [6, 6.07) is 9.91. The molecule has 0 bridgehead atoms. The predicted octanol–water partition coefficient (Wildman–Crippen LogP) is 5.70. The Hall–Kier alpha value is -4.19. The van der Waals surface area contributed by atoms with Crippen molar-refractivity contribution in [3.8, 4) is 11.3 Å². The quantitative estimate of drug-likeness (QED) is 0.270. The number of halogens is 2. The SMILES string of the molecule is CCCOC(=O)c1c(NC(=O)c2cnn3c(C(F)F)cc(-c4ccccc4)nc23)sc(C(=O)OCC)c1C. The number of ether oxygens (including phenoxy) is 2. The number of anilines is 1. The molecule has 0 atom stereocenters. The van der Waals surface area contributed by atoms with Gasteiger partial charge in [-0.15, -0.1) is 11.3 Å². The van der Waals surface area contributed by atoms with Crippen molar-refractivity contribution in [3.05, 3.63) is 69.9 Å². The zero-order valence-electron chi connectivity index (χ0n) is 20.8. The standard InChI is InChI=1S/C26H24F2N4O5S/c1-4-11-37-25(34)19-14(3)20(26(35)36-5-2)38-24(19)31-23(33)16-13-29-32-18(21(27)28)12-17(30-22(16)32)15-9-7-6-8-10-15/h6-10,12-13,21H,4-5,11H2,1-3H3,(H,31,33). The van der Waals surface area contributed by atoms with E-state index in [-0.39, 0.29) is 45.6 Å². The molecule has 0 aliphatic rings. The lowest BCUT2D eigenvalue weighted by molar-refractivity contribution is 0.0506. The second kappa shape index (κ2) is 11.5. The Bertz CT molecular complexity index is 1500. The zero-order chi connectivity index (χ0) is 27.4. The third-order valence-corrected chi connectivity index (χ3v) is 6.70. The van der Waals surface area contributed by atoms with E-state index >= 15 is 0 Å². The molecule has 38 heavy (non-hydrogen) atoms. The summed E-state index contributed by atoms with van der Waals surface area (Å²) in [7, 11) is 0. The van der Waals surface area contributed by atoms with Gasteiger partial charge in [0, 0.05) is 5.56 Å². The van der Waals surface area contributed by atoms with Gasteiger partial charge in [0.05, 0.1) is 30.7 Å². The number of aromatic nitrogens is 3. The van der Waals surface area contributed by atoms with E-state index in [0.717, 1.165) is 22.0 Å². The van der Waals surface area contributed by atoms with Crippen LogP contribution in [0.2, 0.25) is 0 Å². The molecule has 4 aromatic rings. The topological polar surface area (TPSA) is 112 Å². The maximum Gasteiger partial charge on any atom is 0.348 e. The smallest absolute Gasteiger partial charge is 0.348 e. The van der Waals surface area contributed by atoms with Crippen molar-refractivity contribution in [1.29, 1.82) is 0 Å². The molecule has 0 unspecified atom stereocenters. The van der Waals surface area contributed by atoms with Crippen molar-refractivity contribution < 1.29 is 32.6 Å². The number of nitrogens with one attached hydrogen (secondary N) is 1. The normalized spacial score (nSPS) is 11.1. The minimum absolute atomic E-state index is 0.0162. The molecule has 3 heterocycles. The summed E-state index contributed by atoms with van der Waals surface area (Å²) >= 11 is 0.860. The maximum atomic E-state index is 13.9. The molecule has 0 saturated carbocycles. The average molecular weight is 543 g/mol. The fourth-order valence-corrected chi connectivity index (χ4v) is 4.82. The first kappa shape index (κ1) is 26.9. The number of amides is 1. The second-order valence-corrected chi connectivity index (χ2v) is 9.12. The Morgan fingerprint density at radius 3 is 2.50 bits per heavy atom. The van der Waals surface area contributed by atoms with Crippen LogP contribution in [0.5, 0.6) is 0 Å². The molecule has 198 valence electrons. The maximum absolute atomic E-state index is 13.9. The molecule has 0 fully saturated rings. The minimum atomic E-state index is -2.88. The third kappa shape index (κ3) is 5.25. The number of fused-ring (bicyclic) bond motifs is 1. The van der Waals surface area contributed by atoms with E-state index in [1.54, 1.807) is 44.2 Å². The van der Waals surface area contributed by atoms with E-state index in [4.69, 9.17) is 9.47 Å². The highest BCUT2D eigenvalue weighted by atomic mass is 32.1. The van der Waals surface area contributed by atoms with Gasteiger partial charge in [-0.2, -0.15) is 5.10 Å². The van der Waals surface area contributed by atoms with Crippen LogP contribution in [-0.4, -0.2) is 45.7 Å². The number of thiophene rings is 1. The largest absolute Gasteiger partial charge is 0.462 e. The first-order valence-corrected chi connectivity index (χ1v) is 12.6. The number of rotatable bonds is 9. The Morgan fingerprint density at radius 1 is 1.11 bits per heavy atom. The highest BCUT2D eigenvalue weighted by Crippen LogP contribution is 2.35. The van der Waals surface area contributed by atoms with Crippen LogP contribution in [0.25, 0.3) is 16.9 Å². The van der Waals surface area contributed by atoms with Gasteiger partial charge in [0.15, 0.2) is 5.65 Å². The highest BCUT2D eigenvalue weighted by molar-refractivity contribution is 7.18. The summed E-state index contributed by atoms with van der Waals surface area (Å²) in [6.45, 7) is 5.30. The summed E-state index contributed by atoms with van der Waals surface area (Å²) in [4.78, 5) is 43.2. The van der Waals surface area contributed by atoms with Crippen molar-refractivity contribution >= 4 is 39.8 Å². The summed E-state index contributed by atoms with van der Waals surface area (Å²) in [5.74, 6) is -2.11. The van der Waals surface area contributed by atoms with E-state index in [9.17, 15) is 23.2 Å². The molecule has 0 aliphatic heterocycles. The Labute approximate surface area is 220 Å². The van der Waals surface area contributed by atoms with Gasteiger partial charge in [-0.25, -0.2) is 27.9 Å². The molecule has 0 saturated heterocycles. The second-order valence-electron chi connectivity index (χ2n) is 8.10. The molecule has 0 aliphatic carbocycles. The van der Waals surface area contributed by atoms with Crippen LogP contribution in [-0.2, 0) is 9.47 Å². The van der Waals surface area contributed by atoms with Crippen molar-refractivity contribution in [2.75, 3.05) is 18.5 Å². The molecule has 1 amide bonds. The van der Waals surface area contributed by atoms with E-state index < -0.39 is 30.0 Å². The molecule has 4 rings (SSSR count). The molecule has 12 heteroatoms. The summed E-state index contributed by atoms with van der Waals surface area (Å²) < 4.78 is 39.0. The van der Waals surface area contributed by atoms with Gasteiger partial charge in [0.25, 0.3) is 12.3 Å². The van der Waals surface area contributed by atoms with Crippen LogP contribution in [0, 0.1) is 6.92 Å². The third-order valence-electron chi connectivity index (χ3n) is 5.51. The molecular formula is C26H24F2N4O5S. The molecular weight excluding hydrogens is 518 g/mol. The number of carbonyl (C=O) groups excluding carboxylic acids is 3. The van der Waals surface area contributed by atoms with Gasteiger partial charge in [-0.1, -0.05) is 37.3 Å². The Balaban J connectivity index is 1.78. The van der Waals surface area contributed by atoms with Crippen molar-refractivity contribution in [3.63, 3.8) is 0 Å². The van der Waals surface area contributed by atoms with Gasteiger partial charge in [0.2, 0.25) is 0 Å². The van der Waals surface area contributed by atoms with Crippen molar-refractivity contribution in [1.82, 2.24) is 14.6 Å². The first-order valence-electron chi connectivity index (χ1n) is 11.8. The number of carbonyl (C=O) groups is 3.